The highest BCUT2D eigenvalue weighted by molar-refractivity contribution is 5.90. The first-order valence-corrected chi connectivity index (χ1v) is 6.11. The van der Waals surface area contributed by atoms with Crippen LogP contribution >= 0.6 is 0 Å². The topological polar surface area (TPSA) is 64.6 Å². The van der Waals surface area contributed by atoms with Crippen LogP contribution in [0.4, 0.5) is 5.69 Å². The van der Waals surface area contributed by atoms with Crippen molar-refractivity contribution < 1.29 is 19.2 Å². The molecule has 0 saturated heterocycles. The fraction of sp³-hybridized carbons (Fsp3) is 0.429. The van der Waals surface area contributed by atoms with Gasteiger partial charge in [-0.3, -0.25) is 0 Å². The Morgan fingerprint density at radius 1 is 1.26 bits per heavy atom. The van der Waals surface area contributed by atoms with Gasteiger partial charge in [-0.05, 0) is 39.0 Å². The number of rotatable bonds is 4. The number of esters is 1. The molecule has 0 aromatic heterocycles. The highest BCUT2D eigenvalue weighted by Gasteiger charge is 2.18. The van der Waals surface area contributed by atoms with Crippen LogP contribution in [0.15, 0.2) is 24.3 Å². The maximum absolute atomic E-state index is 11.8. The van der Waals surface area contributed by atoms with Gasteiger partial charge in [0.05, 0.1) is 11.3 Å². The molecule has 0 aliphatic heterocycles. The SMILES string of the molecule is CCC(=O)ONc1cccc(C(=O)OC(C)(C)C)c1. The van der Waals surface area contributed by atoms with Crippen LogP contribution in [0.1, 0.15) is 44.5 Å². The Bertz CT molecular complexity index is 463. The van der Waals surface area contributed by atoms with Gasteiger partial charge in [0.2, 0.25) is 0 Å². The molecule has 5 heteroatoms. The lowest BCUT2D eigenvalue weighted by atomic mass is 10.1. The van der Waals surface area contributed by atoms with E-state index >= 15 is 0 Å². The molecule has 1 aromatic carbocycles. The van der Waals surface area contributed by atoms with Gasteiger partial charge in [-0.2, -0.15) is 0 Å². The van der Waals surface area contributed by atoms with Crippen LogP contribution in [-0.2, 0) is 14.4 Å². The van der Waals surface area contributed by atoms with E-state index in [0.29, 0.717) is 11.3 Å². The highest BCUT2D eigenvalue weighted by atomic mass is 16.7. The third-order valence-corrected chi connectivity index (χ3v) is 2.07. The standard InChI is InChI=1S/C14H19NO4/c1-5-12(16)19-15-11-8-6-7-10(9-11)13(17)18-14(2,3)4/h6-9,15H,5H2,1-4H3. The molecular weight excluding hydrogens is 246 g/mol. The fourth-order valence-corrected chi connectivity index (χ4v) is 1.23. The summed E-state index contributed by atoms with van der Waals surface area (Å²) >= 11 is 0. The van der Waals surface area contributed by atoms with E-state index in [-0.39, 0.29) is 12.4 Å². The molecule has 0 saturated carbocycles. The molecule has 0 spiro atoms. The molecule has 1 aromatic rings. The summed E-state index contributed by atoms with van der Waals surface area (Å²) in [6.45, 7) is 7.10. The number of nitrogens with one attached hydrogen (secondary N) is 1. The molecular formula is C14H19NO4. The highest BCUT2D eigenvalue weighted by Crippen LogP contribution is 2.15. The summed E-state index contributed by atoms with van der Waals surface area (Å²) in [6, 6.07) is 6.58. The maximum atomic E-state index is 11.8. The number of anilines is 1. The Morgan fingerprint density at radius 2 is 1.95 bits per heavy atom. The Balaban J connectivity index is 2.71. The van der Waals surface area contributed by atoms with Gasteiger partial charge >= 0.3 is 11.9 Å². The Hall–Kier alpha value is -2.04. The predicted molar refractivity (Wildman–Crippen MR) is 71.6 cm³/mol. The van der Waals surface area contributed by atoms with Crippen molar-refractivity contribution in [2.24, 2.45) is 0 Å². The quantitative estimate of drug-likeness (QED) is 0.669. The van der Waals surface area contributed by atoms with Crippen molar-refractivity contribution in [3.8, 4) is 0 Å². The molecule has 104 valence electrons. The van der Waals surface area contributed by atoms with Gasteiger partial charge in [0.15, 0.2) is 0 Å². The minimum atomic E-state index is -0.546. The van der Waals surface area contributed by atoms with Crippen LogP contribution in [0.2, 0.25) is 0 Å². The summed E-state index contributed by atoms with van der Waals surface area (Å²) in [5, 5.41) is 0. The molecule has 1 N–H and O–H groups in total. The van der Waals surface area contributed by atoms with E-state index in [1.165, 1.54) is 0 Å². The first kappa shape index (κ1) is 15.0. The van der Waals surface area contributed by atoms with Crippen LogP contribution in [0.25, 0.3) is 0 Å². The molecule has 0 radical (unpaired) electrons. The van der Waals surface area contributed by atoms with Crippen molar-refractivity contribution in [2.45, 2.75) is 39.7 Å². The lowest BCUT2D eigenvalue weighted by Gasteiger charge is -2.19. The molecule has 0 unspecified atom stereocenters. The van der Waals surface area contributed by atoms with Crippen molar-refractivity contribution in [3.63, 3.8) is 0 Å². The summed E-state index contributed by atoms with van der Waals surface area (Å²) in [7, 11) is 0. The molecule has 0 fully saturated rings. The first-order valence-electron chi connectivity index (χ1n) is 6.11. The summed E-state index contributed by atoms with van der Waals surface area (Å²) in [5.41, 5.74) is 2.86. The Kier molecular flexibility index (Phi) is 4.92. The van der Waals surface area contributed by atoms with Gasteiger partial charge in [0.25, 0.3) is 0 Å². The van der Waals surface area contributed by atoms with Crippen LogP contribution in [-0.4, -0.2) is 17.5 Å². The van der Waals surface area contributed by atoms with E-state index in [4.69, 9.17) is 9.57 Å². The molecule has 0 bridgehead atoms. The number of benzene rings is 1. The van der Waals surface area contributed by atoms with Gasteiger partial charge in [-0.25, -0.2) is 15.1 Å². The fourth-order valence-electron chi connectivity index (χ4n) is 1.23. The monoisotopic (exact) mass is 265 g/mol. The number of hydrogen-bond donors (Lipinski definition) is 1. The summed E-state index contributed by atoms with van der Waals surface area (Å²) < 4.78 is 5.25. The number of ether oxygens (including phenoxy) is 1. The minimum Gasteiger partial charge on any atom is -0.456 e. The maximum Gasteiger partial charge on any atom is 0.338 e. The minimum absolute atomic E-state index is 0.277. The molecule has 19 heavy (non-hydrogen) atoms. The molecule has 0 aliphatic rings. The zero-order valence-corrected chi connectivity index (χ0v) is 11.6. The van der Waals surface area contributed by atoms with Crippen LogP contribution in [0.3, 0.4) is 0 Å². The van der Waals surface area contributed by atoms with Crippen LogP contribution in [0.5, 0.6) is 0 Å². The van der Waals surface area contributed by atoms with Gasteiger partial charge < -0.3 is 9.57 Å². The number of carbonyl (C=O) groups excluding carboxylic acids is 2. The van der Waals surface area contributed by atoms with Gasteiger partial charge in [0, 0.05) is 6.42 Å². The normalized spacial score (nSPS) is 10.7. The van der Waals surface area contributed by atoms with Crippen molar-refractivity contribution in [1.29, 1.82) is 0 Å². The first-order chi connectivity index (χ1) is 8.81. The van der Waals surface area contributed by atoms with Gasteiger partial charge in [0.1, 0.15) is 5.60 Å². The third kappa shape index (κ3) is 5.42. The lowest BCUT2D eigenvalue weighted by Crippen LogP contribution is -2.23. The molecule has 0 aliphatic carbocycles. The van der Waals surface area contributed by atoms with E-state index in [0.717, 1.165) is 0 Å². The van der Waals surface area contributed by atoms with Gasteiger partial charge in [-0.1, -0.05) is 13.0 Å². The molecule has 0 amide bonds. The second-order valence-corrected chi connectivity index (χ2v) is 5.01. The smallest absolute Gasteiger partial charge is 0.338 e. The van der Waals surface area contributed by atoms with Crippen molar-refractivity contribution in [1.82, 2.24) is 0 Å². The van der Waals surface area contributed by atoms with E-state index < -0.39 is 11.6 Å². The van der Waals surface area contributed by atoms with Crippen LogP contribution < -0.4 is 5.48 Å². The number of carbonyl (C=O) groups is 2. The second kappa shape index (κ2) is 6.22. The zero-order valence-electron chi connectivity index (χ0n) is 11.6. The average molecular weight is 265 g/mol. The molecule has 0 atom stereocenters. The van der Waals surface area contributed by atoms with E-state index in [1.807, 2.05) is 0 Å². The predicted octanol–water partition coefficient (Wildman–Crippen LogP) is 2.92. The molecule has 1 rings (SSSR count). The van der Waals surface area contributed by atoms with E-state index in [1.54, 1.807) is 52.0 Å². The van der Waals surface area contributed by atoms with E-state index in [9.17, 15) is 9.59 Å². The van der Waals surface area contributed by atoms with Crippen LogP contribution in [0, 0.1) is 0 Å². The number of hydrogen-bond acceptors (Lipinski definition) is 5. The second-order valence-electron chi connectivity index (χ2n) is 5.01. The summed E-state index contributed by atoms with van der Waals surface area (Å²) in [6.07, 6.45) is 0.277. The Morgan fingerprint density at radius 3 is 2.53 bits per heavy atom. The molecule has 0 heterocycles. The average Bonchev–Trinajstić information content (AvgIpc) is 2.34. The molecule has 5 nitrogen and oxygen atoms in total. The third-order valence-electron chi connectivity index (χ3n) is 2.07. The summed E-state index contributed by atoms with van der Waals surface area (Å²) in [4.78, 5) is 27.6. The Labute approximate surface area is 112 Å². The summed E-state index contributed by atoms with van der Waals surface area (Å²) in [5.74, 6) is -0.791. The van der Waals surface area contributed by atoms with Crippen molar-refractivity contribution in [3.05, 3.63) is 29.8 Å². The zero-order chi connectivity index (χ0) is 14.5. The largest absolute Gasteiger partial charge is 0.456 e. The van der Waals surface area contributed by atoms with Crippen molar-refractivity contribution in [2.75, 3.05) is 5.48 Å². The van der Waals surface area contributed by atoms with Gasteiger partial charge in [-0.15, -0.1) is 0 Å². The van der Waals surface area contributed by atoms with Crippen molar-refractivity contribution >= 4 is 17.6 Å². The van der Waals surface area contributed by atoms with E-state index in [2.05, 4.69) is 5.48 Å². The lowest BCUT2D eigenvalue weighted by molar-refractivity contribution is -0.140.